The Bertz CT molecular complexity index is 770. The first-order chi connectivity index (χ1) is 13.6. The van der Waals surface area contributed by atoms with Gasteiger partial charge in [-0.3, -0.25) is 19.6 Å². The summed E-state index contributed by atoms with van der Waals surface area (Å²) in [5.74, 6) is -0.434. The van der Waals surface area contributed by atoms with E-state index in [0.29, 0.717) is 17.7 Å². The molecular formula is C15H18N6O8. The lowest BCUT2D eigenvalue weighted by atomic mass is 10.2. The van der Waals surface area contributed by atoms with Crippen molar-refractivity contribution in [3.05, 3.63) is 80.4 Å². The molecule has 156 valence electrons. The first-order valence-corrected chi connectivity index (χ1v) is 7.69. The average molecular weight is 410 g/mol. The SMILES string of the molecule is CC(CNC(=O)c1cccnc1)NC(=O)c1cccnc1.O=[N+]([O-])O.O=[N+]([O-])O. The fourth-order valence-electron chi connectivity index (χ4n) is 1.70. The Kier molecular flexibility index (Phi) is 11.7. The van der Waals surface area contributed by atoms with Crippen LogP contribution in [0.3, 0.4) is 0 Å². The summed E-state index contributed by atoms with van der Waals surface area (Å²) in [6.07, 6.45) is 6.20. The zero-order chi connectivity index (χ0) is 22.2. The van der Waals surface area contributed by atoms with Crippen LogP contribution in [-0.4, -0.2) is 55.0 Å². The van der Waals surface area contributed by atoms with Crippen LogP contribution >= 0.6 is 0 Å². The zero-order valence-electron chi connectivity index (χ0n) is 15.0. The van der Waals surface area contributed by atoms with Gasteiger partial charge in [0.05, 0.1) is 11.1 Å². The van der Waals surface area contributed by atoms with E-state index in [1.165, 1.54) is 12.4 Å². The summed E-state index contributed by atoms with van der Waals surface area (Å²) < 4.78 is 0. The molecule has 0 radical (unpaired) electrons. The molecule has 0 aliphatic carbocycles. The number of hydrogen-bond donors (Lipinski definition) is 4. The second-order valence-electron chi connectivity index (χ2n) is 5.04. The van der Waals surface area contributed by atoms with Crippen LogP contribution in [0.25, 0.3) is 0 Å². The van der Waals surface area contributed by atoms with Crippen molar-refractivity contribution in [2.75, 3.05) is 6.54 Å². The maximum Gasteiger partial charge on any atom is 0.291 e. The number of rotatable bonds is 5. The number of amides is 2. The van der Waals surface area contributed by atoms with E-state index in [2.05, 4.69) is 20.6 Å². The second kappa shape index (κ2) is 13.8. The van der Waals surface area contributed by atoms with E-state index in [1.54, 1.807) is 36.7 Å². The van der Waals surface area contributed by atoms with E-state index in [9.17, 15) is 9.59 Å². The molecule has 1 unspecified atom stereocenters. The lowest BCUT2D eigenvalue weighted by molar-refractivity contribution is -0.742. The minimum absolute atomic E-state index is 0.196. The van der Waals surface area contributed by atoms with Crippen LogP contribution in [0.5, 0.6) is 0 Å². The van der Waals surface area contributed by atoms with Gasteiger partial charge in [-0.15, -0.1) is 20.2 Å². The van der Waals surface area contributed by atoms with Gasteiger partial charge in [-0.05, 0) is 31.2 Å². The van der Waals surface area contributed by atoms with Crippen molar-refractivity contribution in [3.63, 3.8) is 0 Å². The molecule has 0 aromatic carbocycles. The molecule has 0 aliphatic rings. The Balaban J connectivity index is 0.000000837. The molecule has 2 amide bonds. The predicted molar refractivity (Wildman–Crippen MR) is 95.3 cm³/mol. The number of nitrogens with zero attached hydrogens (tertiary/aromatic N) is 4. The molecule has 14 nitrogen and oxygen atoms in total. The van der Waals surface area contributed by atoms with Gasteiger partial charge >= 0.3 is 0 Å². The molecule has 2 rings (SSSR count). The summed E-state index contributed by atoms with van der Waals surface area (Å²) in [5, 5.41) is 32.8. The number of carbonyl (C=O) groups is 2. The fraction of sp³-hybridized carbons (Fsp3) is 0.200. The highest BCUT2D eigenvalue weighted by Crippen LogP contribution is 1.97. The predicted octanol–water partition coefficient (Wildman–Crippen LogP) is 0.330. The quantitative estimate of drug-likeness (QED) is 0.391. The van der Waals surface area contributed by atoms with Crippen LogP contribution < -0.4 is 10.6 Å². The van der Waals surface area contributed by atoms with Gasteiger partial charge in [0.1, 0.15) is 0 Å². The monoisotopic (exact) mass is 410 g/mol. The van der Waals surface area contributed by atoms with E-state index in [4.69, 9.17) is 30.6 Å². The third kappa shape index (κ3) is 13.5. The largest absolute Gasteiger partial charge is 0.350 e. The Morgan fingerprint density at radius 1 is 1.00 bits per heavy atom. The molecule has 2 heterocycles. The first-order valence-electron chi connectivity index (χ1n) is 7.69. The van der Waals surface area contributed by atoms with Crippen molar-refractivity contribution in [1.82, 2.24) is 20.6 Å². The summed E-state index contributed by atoms with van der Waals surface area (Å²) in [4.78, 5) is 48.2. The minimum Gasteiger partial charge on any atom is -0.350 e. The lowest BCUT2D eigenvalue weighted by Crippen LogP contribution is -2.41. The smallest absolute Gasteiger partial charge is 0.291 e. The fourth-order valence-corrected chi connectivity index (χ4v) is 1.70. The van der Waals surface area contributed by atoms with Gasteiger partial charge in [-0.1, -0.05) is 0 Å². The van der Waals surface area contributed by atoms with Crippen molar-refractivity contribution in [1.29, 1.82) is 0 Å². The van der Waals surface area contributed by atoms with Crippen molar-refractivity contribution < 1.29 is 30.2 Å². The van der Waals surface area contributed by atoms with E-state index < -0.39 is 10.2 Å². The molecule has 14 heteroatoms. The molecule has 0 saturated carbocycles. The highest BCUT2D eigenvalue weighted by Gasteiger charge is 2.11. The van der Waals surface area contributed by atoms with E-state index >= 15 is 0 Å². The summed E-state index contributed by atoms with van der Waals surface area (Å²) in [6, 6.07) is 6.56. The van der Waals surface area contributed by atoms with Gasteiger partial charge in [0, 0.05) is 37.4 Å². The average Bonchev–Trinajstić information content (AvgIpc) is 2.66. The number of hydrogen-bond acceptors (Lipinski definition) is 8. The van der Waals surface area contributed by atoms with Gasteiger partial charge in [0.15, 0.2) is 0 Å². The molecule has 0 saturated heterocycles. The van der Waals surface area contributed by atoms with Crippen molar-refractivity contribution >= 4 is 11.8 Å². The summed E-state index contributed by atoms with van der Waals surface area (Å²) >= 11 is 0. The third-order valence-corrected chi connectivity index (χ3v) is 2.79. The molecular weight excluding hydrogens is 392 g/mol. The van der Waals surface area contributed by atoms with Crippen LogP contribution in [0.1, 0.15) is 27.6 Å². The number of carbonyl (C=O) groups excluding carboxylic acids is 2. The standard InChI is InChI=1S/C15H16N4O2.2HNO3/c1-11(19-15(21)13-5-3-7-17-10-13)8-18-14(20)12-4-2-6-16-9-12;2*2-1(3)4/h2-7,9-11H,8H2,1H3,(H,18,20)(H,19,21);2*(H,2,3,4). The van der Waals surface area contributed by atoms with Crippen LogP contribution in [-0.2, 0) is 0 Å². The molecule has 29 heavy (non-hydrogen) atoms. The van der Waals surface area contributed by atoms with Gasteiger partial charge in [-0.2, -0.15) is 0 Å². The minimum atomic E-state index is -1.50. The Morgan fingerprint density at radius 3 is 1.79 bits per heavy atom. The lowest BCUT2D eigenvalue weighted by Gasteiger charge is -2.14. The zero-order valence-corrected chi connectivity index (χ0v) is 15.0. The highest BCUT2D eigenvalue weighted by molar-refractivity contribution is 5.95. The van der Waals surface area contributed by atoms with Crippen LogP contribution in [0, 0.1) is 20.2 Å². The Labute approximate surface area is 163 Å². The molecule has 2 aromatic rings. The molecule has 0 spiro atoms. The topological polar surface area (TPSA) is 211 Å². The van der Waals surface area contributed by atoms with Crippen LogP contribution in [0.4, 0.5) is 0 Å². The molecule has 0 aliphatic heterocycles. The summed E-state index contributed by atoms with van der Waals surface area (Å²) in [6.45, 7) is 2.15. The van der Waals surface area contributed by atoms with Gasteiger partial charge in [0.2, 0.25) is 0 Å². The van der Waals surface area contributed by atoms with Gasteiger partial charge in [-0.25, -0.2) is 0 Å². The maximum atomic E-state index is 11.9. The molecule has 0 fully saturated rings. The molecule has 2 aromatic heterocycles. The van der Waals surface area contributed by atoms with Gasteiger partial charge in [0.25, 0.3) is 22.0 Å². The number of aromatic nitrogens is 2. The first kappa shape index (κ1) is 24.6. The van der Waals surface area contributed by atoms with E-state index in [1.807, 2.05) is 6.92 Å². The van der Waals surface area contributed by atoms with E-state index in [-0.39, 0.29) is 17.9 Å². The molecule has 0 bridgehead atoms. The Hall–Kier alpha value is -4.36. The molecule has 1 atom stereocenters. The van der Waals surface area contributed by atoms with Crippen molar-refractivity contribution in [3.8, 4) is 0 Å². The maximum absolute atomic E-state index is 11.9. The second-order valence-corrected chi connectivity index (χ2v) is 5.04. The molecule has 4 N–H and O–H groups in total. The van der Waals surface area contributed by atoms with E-state index in [0.717, 1.165) is 0 Å². The van der Waals surface area contributed by atoms with Crippen molar-refractivity contribution in [2.45, 2.75) is 13.0 Å². The number of pyridine rings is 2. The third-order valence-electron chi connectivity index (χ3n) is 2.79. The Morgan fingerprint density at radius 2 is 1.41 bits per heavy atom. The number of nitrogens with one attached hydrogen (secondary N) is 2. The van der Waals surface area contributed by atoms with Crippen molar-refractivity contribution in [2.24, 2.45) is 0 Å². The summed E-state index contributed by atoms with van der Waals surface area (Å²) in [7, 11) is 0. The highest BCUT2D eigenvalue weighted by atomic mass is 16.9. The summed E-state index contributed by atoms with van der Waals surface area (Å²) in [5.41, 5.74) is 0.978. The van der Waals surface area contributed by atoms with Crippen LogP contribution in [0.15, 0.2) is 49.1 Å². The normalized spacial score (nSPS) is 9.97. The van der Waals surface area contributed by atoms with Gasteiger partial charge < -0.3 is 21.0 Å². The van der Waals surface area contributed by atoms with Crippen LogP contribution in [0.2, 0.25) is 0 Å².